The third-order valence-corrected chi connectivity index (χ3v) is 5.37. The summed E-state index contributed by atoms with van der Waals surface area (Å²) in [7, 11) is 0. The van der Waals surface area contributed by atoms with Gasteiger partial charge in [0.1, 0.15) is 0 Å². The summed E-state index contributed by atoms with van der Waals surface area (Å²) < 4.78 is 0. The Bertz CT molecular complexity index is 902. The summed E-state index contributed by atoms with van der Waals surface area (Å²) in [5.74, 6) is -0.306. The quantitative estimate of drug-likeness (QED) is 0.469. The van der Waals surface area contributed by atoms with Crippen LogP contribution in [0.25, 0.3) is 0 Å². The summed E-state index contributed by atoms with van der Waals surface area (Å²) >= 11 is 13.1. The first kappa shape index (κ1) is 19.6. The van der Waals surface area contributed by atoms with Crippen LogP contribution in [0.15, 0.2) is 48.5 Å². The summed E-state index contributed by atoms with van der Waals surface area (Å²) in [6.07, 6.45) is 3.18. The zero-order valence-electron chi connectivity index (χ0n) is 14.4. The van der Waals surface area contributed by atoms with Crippen LogP contribution in [-0.2, 0) is 6.42 Å². The number of carbonyl (C=O) groups is 1. The number of hydrogen-bond donors (Lipinski definition) is 2. The lowest BCUT2D eigenvalue weighted by Crippen LogP contribution is -2.11. The lowest BCUT2D eigenvalue weighted by Gasteiger charge is -2.03. The molecule has 1 amide bonds. The molecule has 0 spiro atoms. The predicted octanol–water partition coefficient (Wildman–Crippen LogP) is 5.53. The van der Waals surface area contributed by atoms with Crippen LogP contribution in [0.3, 0.4) is 0 Å². The van der Waals surface area contributed by atoms with Crippen LogP contribution in [0.1, 0.15) is 28.8 Å². The number of hydrogen-bond acceptors (Lipinski definition) is 5. The first-order valence-electron chi connectivity index (χ1n) is 8.49. The number of amides is 1. The Labute approximate surface area is 171 Å². The van der Waals surface area contributed by atoms with E-state index >= 15 is 0 Å². The normalized spacial score (nSPS) is 10.6. The number of aromatic nitrogens is 2. The maximum atomic E-state index is 12.2. The number of rotatable bonds is 8. The van der Waals surface area contributed by atoms with Crippen LogP contribution in [-0.4, -0.2) is 22.6 Å². The van der Waals surface area contributed by atoms with E-state index in [1.165, 1.54) is 23.0 Å². The molecule has 3 aromatic rings. The van der Waals surface area contributed by atoms with Gasteiger partial charge >= 0.3 is 0 Å². The second kappa shape index (κ2) is 9.69. The summed E-state index contributed by atoms with van der Waals surface area (Å²) in [5, 5.41) is 15.8. The minimum atomic E-state index is -0.306. The zero-order chi connectivity index (χ0) is 19.1. The Balaban J connectivity index is 1.42. The van der Waals surface area contributed by atoms with Gasteiger partial charge < -0.3 is 5.32 Å². The minimum Gasteiger partial charge on any atom is -0.360 e. The van der Waals surface area contributed by atoms with Gasteiger partial charge in [0, 0.05) is 12.1 Å². The fraction of sp³-hybridized carbons (Fsp3) is 0.211. The van der Waals surface area contributed by atoms with Gasteiger partial charge in [0.2, 0.25) is 10.3 Å². The molecule has 0 atom stereocenters. The highest BCUT2D eigenvalue weighted by atomic mass is 35.5. The molecule has 0 unspecified atom stereocenters. The molecule has 0 saturated carbocycles. The molecule has 0 bridgehead atoms. The molecule has 140 valence electrons. The zero-order valence-corrected chi connectivity index (χ0v) is 16.7. The van der Waals surface area contributed by atoms with Crippen LogP contribution in [0.2, 0.25) is 10.0 Å². The van der Waals surface area contributed by atoms with Gasteiger partial charge in [0.05, 0.1) is 10.0 Å². The largest absolute Gasteiger partial charge is 0.360 e. The number of aryl methyl sites for hydroxylation is 1. The number of anilines is 2. The van der Waals surface area contributed by atoms with E-state index in [4.69, 9.17) is 23.2 Å². The number of halogens is 2. The molecule has 2 N–H and O–H groups in total. The SMILES string of the molecule is O=C(Nc1nnc(NCCCCc2ccccc2)s1)c1ccc(Cl)c(Cl)c1. The highest BCUT2D eigenvalue weighted by Crippen LogP contribution is 2.24. The number of carbonyl (C=O) groups excluding carboxylic acids is 1. The molecule has 0 fully saturated rings. The Morgan fingerprint density at radius 1 is 0.963 bits per heavy atom. The van der Waals surface area contributed by atoms with Gasteiger partial charge in [-0.1, -0.05) is 64.9 Å². The third-order valence-electron chi connectivity index (χ3n) is 3.84. The van der Waals surface area contributed by atoms with Gasteiger partial charge in [-0.15, -0.1) is 10.2 Å². The Morgan fingerprint density at radius 2 is 1.74 bits per heavy atom. The van der Waals surface area contributed by atoms with Gasteiger partial charge in [-0.25, -0.2) is 0 Å². The fourth-order valence-corrected chi connectivity index (χ4v) is 3.41. The molecule has 0 aliphatic carbocycles. The van der Waals surface area contributed by atoms with Crippen molar-refractivity contribution in [2.45, 2.75) is 19.3 Å². The van der Waals surface area contributed by atoms with Gasteiger partial charge in [0.15, 0.2) is 0 Å². The van der Waals surface area contributed by atoms with Crippen molar-refractivity contribution in [2.24, 2.45) is 0 Å². The topological polar surface area (TPSA) is 66.9 Å². The maximum absolute atomic E-state index is 12.2. The first-order valence-corrected chi connectivity index (χ1v) is 10.1. The van der Waals surface area contributed by atoms with E-state index in [0.29, 0.717) is 25.9 Å². The van der Waals surface area contributed by atoms with Crippen molar-refractivity contribution in [1.29, 1.82) is 0 Å². The maximum Gasteiger partial charge on any atom is 0.257 e. The van der Waals surface area contributed by atoms with Crippen molar-refractivity contribution in [3.8, 4) is 0 Å². The molecular formula is C19H18Cl2N4OS. The van der Waals surface area contributed by atoms with E-state index in [0.717, 1.165) is 25.8 Å². The van der Waals surface area contributed by atoms with E-state index in [1.807, 2.05) is 6.07 Å². The molecular weight excluding hydrogens is 403 g/mol. The highest BCUT2D eigenvalue weighted by Gasteiger charge is 2.11. The molecule has 8 heteroatoms. The van der Waals surface area contributed by atoms with E-state index in [1.54, 1.807) is 12.1 Å². The molecule has 0 aliphatic heterocycles. The van der Waals surface area contributed by atoms with Crippen LogP contribution in [0, 0.1) is 0 Å². The summed E-state index contributed by atoms with van der Waals surface area (Å²) in [5.41, 5.74) is 1.76. The van der Waals surface area contributed by atoms with Crippen LogP contribution in [0.4, 0.5) is 10.3 Å². The lowest BCUT2D eigenvalue weighted by molar-refractivity contribution is 0.102. The lowest BCUT2D eigenvalue weighted by atomic mass is 10.1. The smallest absolute Gasteiger partial charge is 0.257 e. The molecule has 1 heterocycles. The van der Waals surface area contributed by atoms with Crippen molar-refractivity contribution in [2.75, 3.05) is 17.2 Å². The summed E-state index contributed by atoms with van der Waals surface area (Å²) in [4.78, 5) is 12.2. The van der Waals surface area contributed by atoms with E-state index in [-0.39, 0.29) is 5.91 Å². The Hall–Kier alpha value is -2.15. The molecule has 27 heavy (non-hydrogen) atoms. The average Bonchev–Trinajstić information content (AvgIpc) is 3.11. The van der Waals surface area contributed by atoms with Gasteiger partial charge in [-0.3, -0.25) is 10.1 Å². The summed E-state index contributed by atoms with van der Waals surface area (Å²) in [6.45, 7) is 0.808. The van der Waals surface area contributed by atoms with E-state index in [2.05, 4.69) is 45.1 Å². The summed E-state index contributed by atoms with van der Waals surface area (Å²) in [6, 6.07) is 15.1. The third kappa shape index (κ3) is 5.92. The number of nitrogens with one attached hydrogen (secondary N) is 2. The number of unbranched alkanes of at least 4 members (excludes halogenated alkanes) is 1. The van der Waals surface area contributed by atoms with Gasteiger partial charge in [-0.05, 0) is 43.0 Å². The number of benzene rings is 2. The van der Waals surface area contributed by atoms with Crippen LogP contribution in [0.5, 0.6) is 0 Å². The molecule has 5 nitrogen and oxygen atoms in total. The van der Waals surface area contributed by atoms with Crippen molar-refractivity contribution in [3.63, 3.8) is 0 Å². The van der Waals surface area contributed by atoms with Crippen molar-refractivity contribution >= 4 is 50.7 Å². The van der Waals surface area contributed by atoms with Crippen molar-refractivity contribution in [1.82, 2.24) is 10.2 Å². The average molecular weight is 421 g/mol. The first-order chi connectivity index (χ1) is 13.1. The number of nitrogens with zero attached hydrogens (tertiary/aromatic N) is 2. The second-order valence-corrected chi connectivity index (χ2v) is 7.66. The molecule has 0 saturated heterocycles. The molecule has 2 aromatic carbocycles. The Kier molecular flexibility index (Phi) is 7.04. The van der Waals surface area contributed by atoms with Gasteiger partial charge in [-0.2, -0.15) is 0 Å². The highest BCUT2D eigenvalue weighted by molar-refractivity contribution is 7.19. The minimum absolute atomic E-state index is 0.306. The molecule has 0 radical (unpaired) electrons. The van der Waals surface area contributed by atoms with Crippen molar-refractivity contribution < 1.29 is 4.79 Å². The van der Waals surface area contributed by atoms with Crippen molar-refractivity contribution in [3.05, 3.63) is 69.7 Å². The standard InChI is InChI=1S/C19H18Cl2N4OS/c20-15-10-9-14(12-16(15)21)17(26)23-19-25-24-18(27-19)22-11-5-4-8-13-6-2-1-3-7-13/h1-3,6-7,9-10,12H,4-5,8,11H2,(H,22,24)(H,23,25,26). The molecule has 0 aliphatic rings. The fourth-order valence-electron chi connectivity index (χ4n) is 2.45. The Morgan fingerprint density at radius 3 is 2.52 bits per heavy atom. The molecule has 1 aromatic heterocycles. The molecule has 3 rings (SSSR count). The van der Waals surface area contributed by atoms with Crippen LogP contribution < -0.4 is 10.6 Å². The van der Waals surface area contributed by atoms with Crippen LogP contribution >= 0.6 is 34.5 Å². The van der Waals surface area contributed by atoms with Gasteiger partial charge in [0.25, 0.3) is 5.91 Å². The monoisotopic (exact) mass is 420 g/mol. The predicted molar refractivity (Wildman–Crippen MR) is 112 cm³/mol. The van der Waals surface area contributed by atoms with E-state index < -0.39 is 0 Å². The second-order valence-electron chi connectivity index (χ2n) is 5.86. The van der Waals surface area contributed by atoms with E-state index in [9.17, 15) is 4.79 Å².